The maximum Gasteiger partial charge on any atom is 0.326 e. The van der Waals surface area contributed by atoms with Crippen molar-refractivity contribution in [2.75, 3.05) is 0 Å². The van der Waals surface area contributed by atoms with Gasteiger partial charge in [0.15, 0.2) is 0 Å². The highest BCUT2D eigenvalue weighted by Crippen LogP contribution is 2.08. The Morgan fingerprint density at radius 2 is 2.47 bits per heavy atom. The van der Waals surface area contributed by atoms with E-state index in [0.717, 1.165) is 11.0 Å². The third-order valence-corrected chi connectivity index (χ3v) is 2.49. The molecule has 1 unspecified atom stereocenters. The molecule has 0 saturated carbocycles. The van der Waals surface area contributed by atoms with Crippen molar-refractivity contribution in [2.45, 2.75) is 12.5 Å². The van der Waals surface area contributed by atoms with Gasteiger partial charge in [0.05, 0.1) is 5.51 Å². The summed E-state index contributed by atoms with van der Waals surface area (Å²) in [5, 5.41) is 11.2. The van der Waals surface area contributed by atoms with E-state index in [4.69, 9.17) is 5.11 Å². The van der Waals surface area contributed by atoms with Crippen LogP contribution in [0.1, 0.15) is 4.88 Å². The van der Waals surface area contributed by atoms with Gasteiger partial charge in [-0.2, -0.15) is 0 Å². The van der Waals surface area contributed by atoms with Crippen molar-refractivity contribution in [3.63, 3.8) is 0 Å². The van der Waals surface area contributed by atoms with Crippen LogP contribution in [0, 0.1) is 0 Å². The van der Waals surface area contributed by atoms with E-state index in [9.17, 15) is 9.59 Å². The summed E-state index contributed by atoms with van der Waals surface area (Å²) < 4.78 is 0. The first kappa shape index (κ1) is 11.4. The predicted molar refractivity (Wildman–Crippen MR) is 55.6 cm³/mol. The lowest BCUT2D eigenvalue weighted by Gasteiger charge is -2.11. The van der Waals surface area contributed by atoms with Crippen LogP contribution in [0.3, 0.4) is 0 Å². The van der Waals surface area contributed by atoms with Gasteiger partial charge in [0.1, 0.15) is 6.04 Å². The summed E-state index contributed by atoms with van der Waals surface area (Å²) in [7, 11) is 0. The number of thiazole rings is 1. The standard InChI is InChI=1S/C9H10N2O3S/c1-2-8(12)11-7(9(13)14)3-6-4-10-5-15-6/h2,4-5,7H,1,3H2,(H,11,12)(H,13,14). The number of aliphatic carboxylic acids is 1. The molecule has 1 amide bonds. The maximum atomic E-state index is 11.0. The van der Waals surface area contributed by atoms with E-state index in [0.29, 0.717) is 0 Å². The van der Waals surface area contributed by atoms with Crippen LogP contribution in [0.25, 0.3) is 0 Å². The van der Waals surface area contributed by atoms with Crippen LogP contribution >= 0.6 is 11.3 Å². The van der Waals surface area contributed by atoms with Gasteiger partial charge in [0.2, 0.25) is 5.91 Å². The Morgan fingerprint density at radius 1 is 1.73 bits per heavy atom. The molecule has 0 aliphatic heterocycles. The van der Waals surface area contributed by atoms with Crippen LogP contribution in [0.2, 0.25) is 0 Å². The molecular weight excluding hydrogens is 216 g/mol. The van der Waals surface area contributed by atoms with Crippen LogP contribution in [-0.4, -0.2) is 28.0 Å². The Kier molecular flexibility index (Phi) is 3.99. The minimum Gasteiger partial charge on any atom is -0.480 e. The second-order valence-electron chi connectivity index (χ2n) is 2.78. The summed E-state index contributed by atoms with van der Waals surface area (Å²) >= 11 is 1.35. The zero-order chi connectivity index (χ0) is 11.3. The van der Waals surface area contributed by atoms with E-state index < -0.39 is 17.9 Å². The topological polar surface area (TPSA) is 79.3 Å². The minimum absolute atomic E-state index is 0.236. The molecular formula is C9H10N2O3S. The summed E-state index contributed by atoms with van der Waals surface area (Å²) in [6, 6.07) is -0.934. The Morgan fingerprint density at radius 3 is 2.93 bits per heavy atom. The zero-order valence-corrected chi connectivity index (χ0v) is 8.66. The number of aromatic nitrogens is 1. The molecule has 2 N–H and O–H groups in total. The monoisotopic (exact) mass is 226 g/mol. The highest BCUT2D eigenvalue weighted by atomic mass is 32.1. The number of nitrogens with zero attached hydrogens (tertiary/aromatic N) is 1. The van der Waals surface area contributed by atoms with Gasteiger partial charge >= 0.3 is 5.97 Å². The van der Waals surface area contributed by atoms with Crippen LogP contribution in [0.15, 0.2) is 24.4 Å². The van der Waals surface area contributed by atoms with Crippen molar-refractivity contribution in [1.82, 2.24) is 10.3 Å². The molecule has 1 atom stereocenters. The van der Waals surface area contributed by atoms with Gasteiger partial charge in [0.25, 0.3) is 0 Å². The zero-order valence-electron chi connectivity index (χ0n) is 7.84. The predicted octanol–water partition coefficient (Wildman–Crippen LogP) is 0.441. The number of carboxylic acids is 1. The molecule has 0 radical (unpaired) electrons. The Hall–Kier alpha value is -1.69. The van der Waals surface area contributed by atoms with Crippen molar-refractivity contribution in [1.29, 1.82) is 0 Å². The Labute approximate surface area is 90.5 Å². The van der Waals surface area contributed by atoms with E-state index in [2.05, 4.69) is 16.9 Å². The van der Waals surface area contributed by atoms with Gasteiger partial charge in [0, 0.05) is 17.5 Å². The summed E-state index contributed by atoms with van der Waals surface area (Å²) in [5.74, 6) is -1.56. The van der Waals surface area contributed by atoms with E-state index in [1.54, 1.807) is 11.7 Å². The summed E-state index contributed by atoms with van der Waals surface area (Å²) in [5.41, 5.74) is 1.61. The number of carbonyl (C=O) groups is 2. The summed E-state index contributed by atoms with van der Waals surface area (Å²) in [6.07, 6.45) is 2.86. The fourth-order valence-corrected chi connectivity index (χ4v) is 1.62. The SMILES string of the molecule is C=CC(=O)NC(Cc1cncs1)C(=O)O. The van der Waals surface area contributed by atoms with Crippen molar-refractivity contribution < 1.29 is 14.7 Å². The van der Waals surface area contributed by atoms with E-state index in [-0.39, 0.29) is 6.42 Å². The Bertz CT molecular complexity index is 361. The molecule has 80 valence electrons. The van der Waals surface area contributed by atoms with E-state index in [1.165, 1.54) is 11.3 Å². The molecule has 1 rings (SSSR count). The van der Waals surface area contributed by atoms with Crippen LogP contribution in [-0.2, 0) is 16.0 Å². The average molecular weight is 226 g/mol. The smallest absolute Gasteiger partial charge is 0.326 e. The second kappa shape index (κ2) is 5.26. The molecule has 0 aromatic carbocycles. The first-order valence-corrected chi connectivity index (χ1v) is 5.04. The lowest BCUT2D eigenvalue weighted by molar-refractivity contribution is -0.141. The quantitative estimate of drug-likeness (QED) is 0.714. The molecule has 0 aliphatic carbocycles. The van der Waals surface area contributed by atoms with Crippen LogP contribution < -0.4 is 5.32 Å². The highest BCUT2D eigenvalue weighted by molar-refractivity contribution is 7.09. The summed E-state index contributed by atoms with van der Waals surface area (Å²) in [4.78, 5) is 26.4. The third-order valence-electron chi connectivity index (χ3n) is 1.69. The number of nitrogens with one attached hydrogen (secondary N) is 1. The first-order valence-electron chi connectivity index (χ1n) is 4.16. The maximum absolute atomic E-state index is 11.0. The number of carboxylic acid groups (broad SMARTS) is 1. The van der Waals surface area contributed by atoms with Crippen molar-refractivity contribution in [3.8, 4) is 0 Å². The normalized spacial score (nSPS) is 11.7. The first-order chi connectivity index (χ1) is 7.13. The van der Waals surface area contributed by atoms with Gasteiger partial charge in [-0.15, -0.1) is 11.3 Å². The molecule has 1 heterocycles. The molecule has 0 fully saturated rings. The Balaban J connectivity index is 2.62. The number of carbonyl (C=O) groups excluding carboxylic acids is 1. The van der Waals surface area contributed by atoms with E-state index >= 15 is 0 Å². The number of rotatable bonds is 5. The van der Waals surface area contributed by atoms with Crippen molar-refractivity contribution in [3.05, 3.63) is 29.2 Å². The number of hydrogen-bond donors (Lipinski definition) is 2. The van der Waals surface area contributed by atoms with Gasteiger partial charge in [-0.3, -0.25) is 9.78 Å². The van der Waals surface area contributed by atoms with Crippen LogP contribution in [0.4, 0.5) is 0 Å². The van der Waals surface area contributed by atoms with Gasteiger partial charge in [-0.25, -0.2) is 4.79 Å². The van der Waals surface area contributed by atoms with Gasteiger partial charge in [-0.1, -0.05) is 6.58 Å². The molecule has 1 aromatic heterocycles. The fourth-order valence-electron chi connectivity index (χ4n) is 0.975. The van der Waals surface area contributed by atoms with Gasteiger partial charge < -0.3 is 10.4 Å². The lowest BCUT2D eigenvalue weighted by atomic mass is 10.2. The average Bonchev–Trinajstić information content (AvgIpc) is 2.69. The molecule has 0 saturated heterocycles. The van der Waals surface area contributed by atoms with Crippen molar-refractivity contribution in [2.24, 2.45) is 0 Å². The molecule has 0 bridgehead atoms. The third kappa shape index (κ3) is 3.51. The second-order valence-corrected chi connectivity index (χ2v) is 3.75. The van der Waals surface area contributed by atoms with E-state index in [1.807, 2.05) is 0 Å². The highest BCUT2D eigenvalue weighted by Gasteiger charge is 2.19. The number of hydrogen-bond acceptors (Lipinski definition) is 4. The molecule has 0 aliphatic rings. The lowest BCUT2D eigenvalue weighted by Crippen LogP contribution is -2.41. The fraction of sp³-hybridized carbons (Fsp3) is 0.222. The summed E-state index contributed by atoms with van der Waals surface area (Å²) in [6.45, 7) is 3.26. The molecule has 0 spiro atoms. The largest absolute Gasteiger partial charge is 0.480 e. The minimum atomic E-state index is -1.07. The van der Waals surface area contributed by atoms with Crippen molar-refractivity contribution >= 4 is 23.2 Å². The van der Waals surface area contributed by atoms with Crippen LogP contribution in [0.5, 0.6) is 0 Å². The molecule has 1 aromatic rings. The molecule has 15 heavy (non-hydrogen) atoms. The van der Waals surface area contributed by atoms with Gasteiger partial charge in [-0.05, 0) is 6.08 Å². The molecule has 5 nitrogen and oxygen atoms in total. The molecule has 6 heteroatoms. The number of amides is 1.